The summed E-state index contributed by atoms with van der Waals surface area (Å²) in [6, 6.07) is 30.4. The lowest BCUT2D eigenvalue weighted by atomic mass is 9.76. The first-order valence-electron chi connectivity index (χ1n) is 13.1. The standard InChI is InChI=1S/C33H31BrN2O2/c1-37-31-18-22(17-30(34)33(31)38-2)21-35-25-19-28-26(23-9-5-3-6-10-23)13-15-36-16-14-27(29(20-25)32(28)36)24-11-7-4-8-12-24/h3-12,17-21,26-27H,13-16H2,1-2H3/t26-,27-/m1/s1. The summed E-state index contributed by atoms with van der Waals surface area (Å²) in [6.07, 6.45) is 4.14. The van der Waals surface area contributed by atoms with E-state index in [1.165, 1.54) is 27.9 Å². The molecule has 192 valence electrons. The number of halogens is 1. The minimum Gasteiger partial charge on any atom is -0.493 e. The summed E-state index contributed by atoms with van der Waals surface area (Å²) in [4.78, 5) is 7.61. The first kappa shape index (κ1) is 24.7. The molecule has 0 radical (unpaired) electrons. The van der Waals surface area contributed by atoms with Crippen LogP contribution in [0.4, 0.5) is 11.4 Å². The van der Waals surface area contributed by atoms with Gasteiger partial charge in [0.25, 0.3) is 0 Å². The van der Waals surface area contributed by atoms with E-state index >= 15 is 0 Å². The Balaban J connectivity index is 1.48. The number of hydrogen-bond donors (Lipinski definition) is 0. The molecule has 0 amide bonds. The minimum atomic E-state index is 0.362. The summed E-state index contributed by atoms with van der Waals surface area (Å²) < 4.78 is 11.9. The predicted molar refractivity (Wildman–Crippen MR) is 159 cm³/mol. The van der Waals surface area contributed by atoms with Crippen molar-refractivity contribution in [1.82, 2.24) is 0 Å². The molecule has 5 heteroatoms. The van der Waals surface area contributed by atoms with E-state index in [1.807, 2.05) is 18.3 Å². The molecule has 2 atom stereocenters. The number of nitrogens with zero attached hydrogens (tertiary/aromatic N) is 2. The second kappa shape index (κ2) is 10.7. The highest BCUT2D eigenvalue weighted by Crippen LogP contribution is 2.50. The number of ether oxygens (including phenoxy) is 2. The zero-order valence-corrected chi connectivity index (χ0v) is 23.3. The van der Waals surface area contributed by atoms with Crippen LogP contribution in [0.25, 0.3) is 0 Å². The second-order valence-corrected chi connectivity index (χ2v) is 10.8. The monoisotopic (exact) mass is 566 g/mol. The third-order valence-corrected chi connectivity index (χ3v) is 8.41. The van der Waals surface area contributed by atoms with Crippen molar-refractivity contribution in [1.29, 1.82) is 0 Å². The fraction of sp³-hybridized carbons (Fsp3) is 0.242. The molecule has 6 rings (SSSR count). The molecule has 0 bridgehead atoms. The first-order chi connectivity index (χ1) is 18.7. The maximum atomic E-state index is 5.54. The van der Waals surface area contributed by atoms with Crippen LogP contribution in [-0.2, 0) is 0 Å². The number of hydrogen-bond acceptors (Lipinski definition) is 4. The SMILES string of the molecule is COc1cc(C=Nc2cc3c4c(c2)[C@@H](c2ccccc2)CCN4CC[C@@H]3c2ccccc2)cc(Br)c1OC. The lowest BCUT2D eigenvalue weighted by molar-refractivity contribution is 0.353. The number of aliphatic imine (C=N–C) groups is 1. The van der Waals surface area contributed by atoms with Gasteiger partial charge in [0.15, 0.2) is 11.5 Å². The molecule has 0 aromatic heterocycles. The average molecular weight is 568 g/mol. The van der Waals surface area contributed by atoms with Crippen molar-refractivity contribution in [2.45, 2.75) is 24.7 Å². The van der Waals surface area contributed by atoms with E-state index in [1.54, 1.807) is 14.2 Å². The summed E-state index contributed by atoms with van der Waals surface area (Å²) in [5, 5.41) is 0. The third kappa shape index (κ3) is 4.60. The van der Waals surface area contributed by atoms with Gasteiger partial charge in [-0.05, 0) is 80.9 Å². The maximum Gasteiger partial charge on any atom is 0.174 e. The topological polar surface area (TPSA) is 34.1 Å². The molecule has 0 aliphatic carbocycles. The molecule has 2 heterocycles. The van der Waals surface area contributed by atoms with Gasteiger partial charge in [0.1, 0.15) is 0 Å². The Morgan fingerprint density at radius 1 is 0.789 bits per heavy atom. The average Bonchev–Trinajstić information content (AvgIpc) is 2.97. The molecule has 2 aliphatic rings. The highest BCUT2D eigenvalue weighted by atomic mass is 79.9. The normalized spacial score (nSPS) is 18.3. The molecule has 0 saturated heterocycles. The van der Waals surface area contributed by atoms with Gasteiger partial charge in [-0.15, -0.1) is 0 Å². The van der Waals surface area contributed by atoms with Gasteiger partial charge < -0.3 is 14.4 Å². The van der Waals surface area contributed by atoms with Crippen molar-refractivity contribution in [2.24, 2.45) is 4.99 Å². The van der Waals surface area contributed by atoms with Crippen LogP contribution in [0.1, 0.15) is 52.5 Å². The van der Waals surface area contributed by atoms with E-state index in [0.29, 0.717) is 23.3 Å². The Morgan fingerprint density at radius 3 is 1.89 bits per heavy atom. The van der Waals surface area contributed by atoms with Gasteiger partial charge in [-0.3, -0.25) is 4.99 Å². The Kier molecular flexibility index (Phi) is 6.94. The summed E-state index contributed by atoms with van der Waals surface area (Å²) in [5.41, 5.74) is 8.87. The van der Waals surface area contributed by atoms with Gasteiger partial charge in [0, 0.05) is 36.8 Å². The molecular formula is C33H31BrN2O2. The smallest absolute Gasteiger partial charge is 0.174 e. The predicted octanol–water partition coefficient (Wildman–Crippen LogP) is 8.09. The molecule has 4 aromatic rings. The van der Waals surface area contributed by atoms with Crippen LogP contribution < -0.4 is 14.4 Å². The van der Waals surface area contributed by atoms with Crippen molar-refractivity contribution in [3.05, 3.63) is 117 Å². The van der Waals surface area contributed by atoms with E-state index in [-0.39, 0.29) is 0 Å². The molecule has 0 fully saturated rings. The lowest BCUT2D eigenvalue weighted by Gasteiger charge is -2.43. The van der Waals surface area contributed by atoms with E-state index in [2.05, 4.69) is 93.6 Å². The van der Waals surface area contributed by atoms with Gasteiger partial charge in [-0.2, -0.15) is 0 Å². The van der Waals surface area contributed by atoms with Gasteiger partial charge in [0.2, 0.25) is 0 Å². The van der Waals surface area contributed by atoms with E-state index in [0.717, 1.165) is 41.7 Å². The van der Waals surface area contributed by atoms with Crippen molar-refractivity contribution in [2.75, 3.05) is 32.2 Å². The highest BCUT2D eigenvalue weighted by molar-refractivity contribution is 9.10. The summed E-state index contributed by atoms with van der Waals surface area (Å²) in [6.45, 7) is 2.17. The van der Waals surface area contributed by atoms with Gasteiger partial charge >= 0.3 is 0 Å². The molecule has 4 nitrogen and oxygen atoms in total. The molecule has 0 spiro atoms. The van der Waals surface area contributed by atoms with Crippen LogP contribution in [0.2, 0.25) is 0 Å². The van der Waals surface area contributed by atoms with Crippen LogP contribution in [0.15, 0.2) is 94.4 Å². The van der Waals surface area contributed by atoms with Crippen molar-refractivity contribution in [3.8, 4) is 11.5 Å². The van der Waals surface area contributed by atoms with Crippen LogP contribution >= 0.6 is 15.9 Å². The number of methoxy groups -OCH3 is 2. The maximum absolute atomic E-state index is 5.54. The fourth-order valence-corrected chi connectivity index (χ4v) is 6.70. The summed E-state index contributed by atoms with van der Waals surface area (Å²) in [7, 11) is 3.29. The Morgan fingerprint density at radius 2 is 1.37 bits per heavy atom. The molecule has 0 N–H and O–H groups in total. The molecule has 2 aliphatic heterocycles. The molecule has 4 aromatic carbocycles. The molecule has 38 heavy (non-hydrogen) atoms. The van der Waals surface area contributed by atoms with E-state index in [4.69, 9.17) is 14.5 Å². The second-order valence-electron chi connectivity index (χ2n) is 9.96. The fourth-order valence-electron chi connectivity index (χ4n) is 6.08. The van der Waals surface area contributed by atoms with Crippen molar-refractivity contribution >= 4 is 33.5 Å². The lowest BCUT2D eigenvalue weighted by Crippen LogP contribution is -2.37. The Labute approximate surface area is 233 Å². The number of anilines is 1. The van der Waals surface area contributed by atoms with E-state index in [9.17, 15) is 0 Å². The van der Waals surface area contributed by atoms with Crippen molar-refractivity contribution < 1.29 is 9.47 Å². The first-order valence-corrected chi connectivity index (χ1v) is 13.9. The van der Waals surface area contributed by atoms with Gasteiger partial charge in [-0.25, -0.2) is 0 Å². The Hall–Kier alpha value is -3.57. The Bertz CT molecular complexity index is 1400. The van der Waals surface area contributed by atoms with Gasteiger partial charge in [-0.1, -0.05) is 60.7 Å². The molecule has 0 unspecified atom stereocenters. The van der Waals surface area contributed by atoms with Crippen LogP contribution in [0, 0.1) is 0 Å². The summed E-state index contributed by atoms with van der Waals surface area (Å²) in [5.74, 6) is 2.08. The number of rotatable bonds is 6. The van der Waals surface area contributed by atoms with E-state index < -0.39 is 0 Å². The van der Waals surface area contributed by atoms with Gasteiger partial charge in [0.05, 0.1) is 24.4 Å². The third-order valence-electron chi connectivity index (χ3n) is 7.82. The van der Waals surface area contributed by atoms with Crippen LogP contribution in [-0.4, -0.2) is 33.5 Å². The number of benzene rings is 4. The van der Waals surface area contributed by atoms with Crippen LogP contribution in [0.3, 0.4) is 0 Å². The zero-order valence-electron chi connectivity index (χ0n) is 21.7. The quantitative estimate of drug-likeness (QED) is 0.221. The molecule has 0 saturated carbocycles. The summed E-state index contributed by atoms with van der Waals surface area (Å²) >= 11 is 3.61. The molecular weight excluding hydrogens is 536 g/mol. The minimum absolute atomic E-state index is 0.362. The van der Waals surface area contributed by atoms with Crippen molar-refractivity contribution in [3.63, 3.8) is 0 Å². The zero-order chi connectivity index (χ0) is 26.1. The largest absolute Gasteiger partial charge is 0.493 e. The van der Waals surface area contributed by atoms with Crippen LogP contribution in [0.5, 0.6) is 11.5 Å². The highest BCUT2D eigenvalue weighted by Gasteiger charge is 2.35.